The van der Waals surface area contributed by atoms with Gasteiger partial charge in [0.05, 0.1) is 0 Å². The molecule has 2 heteroatoms. The Hall–Kier alpha value is -0.660. The Morgan fingerprint density at radius 1 is 1.75 bits per heavy atom. The van der Waals surface area contributed by atoms with Crippen molar-refractivity contribution in [3.8, 4) is 0 Å². The molecule has 0 unspecified atom stereocenters. The van der Waals surface area contributed by atoms with Gasteiger partial charge < -0.3 is 4.79 Å². The quantitative estimate of drug-likeness (QED) is 0.397. The summed E-state index contributed by atoms with van der Waals surface area (Å²) in [6.45, 7) is 3.75. The molecular formula is C6H11NO. The summed E-state index contributed by atoms with van der Waals surface area (Å²) in [5.41, 5.74) is 0. The molecule has 2 nitrogen and oxygen atoms in total. The van der Waals surface area contributed by atoms with Gasteiger partial charge in [-0.15, -0.1) is 0 Å². The summed E-state index contributed by atoms with van der Waals surface area (Å²) in [6.07, 6.45) is 3.32. The Morgan fingerprint density at radius 2 is 2.38 bits per heavy atom. The van der Waals surface area contributed by atoms with Crippen LogP contribution in [0.15, 0.2) is 4.99 Å². The Kier molecular flexibility index (Phi) is 4.13. The molecule has 1 atom stereocenters. The van der Waals surface area contributed by atoms with Crippen molar-refractivity contribution in [1.29, 1.82) is 0 Å². The highest BCUT2D eigenvalue weighted by molar-refractivity contribution is 5.63. The number of rotatable bonds is 3. The van der Waals surface area contributed by atoms with Crippen LogP contribution in [-0.2, 0) is 4.79 Å². The lowest BCUT2D eigenvalue weighted by Crippen LogP contribution is -2.02. The van der Waals surface area contributed by atoms with E-state index in [2.05, 4.69) is 4.99 Å². The van der Waals surface area contributed by atoms with Crippen molar-refractivity contribution in [2.24, 2.45) is 4.99 Å². The standard InChI is InChI=1S/C6H11NO/c1-3-6(5-8)7-4-2/h4-6H,3H2,1-2H3/t6-/m1/s1. The van der Waals surface area contributed by atoms with Gasteiger partial charge in [-0.2, -0.15) is 0 Å². The van der Waals surface area contributed by atoms with Crippen LogP contribution in [0.4, 0.5) is 0 Å². The van der Waals surface area contributed by atoms with E-state index in [0.29, 0.717) is 0 Å². The Balaban J connectivity index is 3.52. The molecule has 0 fully saturated rings. The average molecular weight is 113 g/mol. The topological polar surface area (TPSA) is 29.4 Å². The van der Waals surface area contributed by atoms with Crippen LogP contribution in [0.25, 0.3) is 0 Å². The lowest BCUT2D eigenvalue weighted by Gasteiger charge is -1.94. The molecule has 0 aliphatic carbocycles. The van der Waals surface area contributed by atoms with Crippen LogP contribution in [0.2, 0.25) is 0 Å². The van der Waals surface area contributed by atoms with Crippen molar-refractivity contribution in [3.63, 3.8) is 0 Å². The third-order valence-corrected chi connectivity index (χ3v) is 0.916. The third kappa shape index (κ3) is 2.50. The van der Waals surface area contributed by atoms with E-state index in [4.69, 9.17) is 0 Å². The minimum absolute atomic E-state index is 0.111. The maximum Gasteiger partial charge on any atom is 0.144 e. The smallest absolute Gasteiger partial charge is 0.144 e. The molecule has 0 aliphatic rings. The molecule has 0 aromatic carbocycles. The van der Waals surface area contributed by atoms with Gasteiger partial charge in [-0.05, 0) is 19.6 Å². The summed E-state index contributed by atoms with van der Waals surface area (Å²) < 4.78 is 0. The molecule has 46 valence electrons. The van der Waals surface area contributed by atoms with Gasteiger partial charge in [0.15, 0.2) is 0 Å². The normalized spacial score (nSPS) is 14.2. The molecule has 0 aromatic heterocycles. The highest BCUT2D eigenvalue weighted by atomic mass is 16.1. The fraction of sp³-hybridized carbons (Fsp3) is 0.667. The molecule has 0 aliphatic heterocycles. The molecule has 0 spiro atoms. The lowest BCUT2D eigenvalue weighted by molar-refractivity contribution is -0.108. The second-order valence-corrected chi connectivity index (χ2v) is 1.52. The predicted octanol–water partition coefficient (Wildman–Crippen LogP) is 1.05. The summed E-state index contributed by atoms with van der Waals surface area (Å²) in [6, 6.07) is -0.111. The highest BCUT2D eigenvalue weighted by Gasteiger charge is 1.95. The van der Waals surface area contributed by atoms with Crippen molar-refractivity contribution in [2.75, 3.05) is 0 Å². The lowest BCUT2D eigenvalue weighted by atomic mass is 10.3. The largest absolute Gasteiger partial charge is 0.301 e. The van der Waals surface area contributed by atoms with Crippen molar-refractivity contribution in [3.05, 3.63) is 0 Å². The van der Waals surface area contributed by atoms with Crippen molar-refractivity contribution in [1.82, 2.24) is 0 Å². The zero-order chi connectivity index (χ0) is 6.41. The van der Waals surface area contributed by atoms with Crippen LogP contribution in [-0.4, -0.2) is 18.5 Å². The van der Waals surface area contributed by atoms with Gasteiger partial charge in [-0.1, -0.05) is 6.92 Å². The number of carbonyl (C=O) groups is 1. The van der Waals surface area contributed by atoms with E-state index >= 15 is 0 Å². The SMILES string of the molecule is CC=N[C@@H](C=O)CC. The van der Waals surface area contributed by atoms with Gasteiger partial charge in [-0.25, -0.2) is 0 Å². The molecule has 0 radical (unpaired) electrons. The second-order valence-electron chi connectivity index (χ2n) is 1.52. The zero-order valence-corrected chi connectivity index (χ0v) is 5.29. The molecular weight excluding hydrogens is 102 g/mol. The maximum absolute atomic E-state index is 10.0. The van der Waals surface area contributed by atoms with Gasteiger partial charge in [0.25, 0.3) is 0 Å². The minimum Gasteiger partial charge on any atom is -0.301 e. The van der Waals surface area contributed by atoms with E-state index in [9.17, 15) is 4.79 Å². The Labute approximate surface area is 49.6 Å². The summed E-state index contributed by atoms with van der Waals surface area (Å²) in [5.74, 6) is 0. The van der Waals surface area contributed by atoms with E-state index < -0.39 is 0 Å². The van der Waals surface area contributed by atoms with Crippen LogP contribution < -0.4 is 0 Å². The summed E-state index contributed by atoms with van der Waals surface area (Å²) in [4.78, 5) is 13.9. The number of carbonyl (C=O) groups excluding carboxylic acids is 1. The van der Waals surface area contributed by atoms with Crippen LogP contribution in [0.5, 0.6) is 0 Å². The van der Waals surface area contributed by atoms with Gasteiger partial charge >= 0.3 is 0 Å². The summed E-state index contributed by atoms with van der Waals surface area (Å²) in [5, 5.41) is 0. The van der Waals surface area contributed by atoms with Crippen LogP contribution >= 0.6 is 0 Å². The first-order valence-electron chi connectivity index (χ1n) is 2.78. The zero-order valence-electron chi connectivity index (χ0n) is 5.29. The predicted molar refractivity (Wildman–Crippen MR) is 34.3 cm³/mol. The molecule has 0 bridgehead atoms. The second kappa shape index (κ2) is 4.50. The molecule has 0 amide bonds. The average Bonchev–Trinajstić information content (AvgIpc) is 1.83. The number of aliphatic imine (C=N–C) groups is 1. The van der Waals surface area contributed by atoms with Gasteiger partial charge in [0.1, 0.15) is 12.3 Å². The number of nitrogens with zero attached hydrogens (tertiary/aromatic N) is 1. The summed E-state index contributed by atoms with van der Waals surface area (Å²) >= 11 is 0. The maximum atomic E-state index is 10.0. The highest BCUT2D eigenvalue weighted by Crippen LogP contribution is 1.89. The Bertz CT molecular complexity index is 88.5. The number of aldehydes is 1. The molecule has 8 heavy (non-hydrogen) atoms. The van der Waals surface area contributed by atoms with Crippen molar-refractivity contribution >= 4 is 12.5 Å². The minimum atomic E-state index is -0.111. The molecule has 0 saturated heterocycles. The van der Waals surface area contributed by atoms with Gasteiger partial charge in [0.2, 0.25) is 0 Å². The molecule has 0 heterocycles. The molecule has 0 rings (SSSR count). The van der Waals surface area contributed by atoms with Crippen molar-refractivity contribution in [2.45, 2.75) is 26.3 Å². The first-order valence-corrected chi connectivity index (χ1v) is 2.78. The van der Waals surface area contributed by atoms with E-state index in [1.165, 1.54) is 0 Å². The van der Waals surface area contributed by atoms with E-state index in [-0.39, 0.29) is 6.04 Å². The van der Waals surface area contributed by atoms with E-state index in [1.54, 1.807) is 6.21 Å². The van der Waals surface area contributed by atoms with Crippen LogP contribution in [0.3, 0.4) is 0 Å². The Morgan fingerprint density at radius 3 is 2.50 bits per heavy atom. The van der Waals surface area contributed by atoms with Gasteiger partial charge in [0, 0.05) is 0 Å². The fourth-order valence-electron chi connectivity index (χ4n) is 0.428. The molecule has 0 aromatic rings. The third-order valence-electron chi connectivity index (χ3n) is 0.916. The number of hydrogen-bond donors (Lipinski definition) is 0. The summed E-state index contributed by atoms with van der Waals surface area (Å²) in [7, 11) is 0. The molecule has 0 saturated carbocycles. The number of hydrogen-bond acceptors (Lipinski definition) is 2. The van der Waals surface area contributed by atoms with Crippen LogP contribution in [0, 0.1) is 0 Å². The van der Waals surface area contributed by atoms with E-state index in [0.717, 1.165) is 12.7 Å². The van der Waals surface area contributed by atoms with E-state index in [1.807, 2.05) is 13.8 Å². The first-order chi connectivity index (χ1) is 3.85. The fourth-order valence-corrected chi connectivity index (χ4v) is 0.428. The van der Waals surface area contributed by atoms with Gasteiger partial charge in [-0.3, -0.25) is 4.99 Å². The molecule has 0 N–H and O–H groups in total. The van der Waals surface area contributed by atoms with Crippen LogP contribution in [0.1, 0.15) is 20.3 Å². The monoisotopic (exact) mass is 113 g/mol. The van der Waals surface area contributed by atoms with Crippen molar-refractivity contribution < 1.29 is 4.79 Å². The first kappa shape index (κ1) is 7.34.